The quantitative estimate of drug-likeness (QED) is 0.822. The van der Waals surface area contributed by atoms with Gasteiger partial charge in [0.2, 0.25) is 5.91 Å². The molecule has 0 bridgehead atoms. The molecule has 1 aromatic carbocycles. The van der Waals surface area contributed by atoms with Gasteiger partial charge in [0.25, 0.3) is 0 Å². The number of carbonyl (C=O) groups is 1. The first-order valence-electron chi connectivity index (χ1n) is 11.8. The lowest BCUT2D eigenvalue weighted by atomic mass is 9.83. The molecule has 0 atom stereocenters. The van der Waals surface area contributed by atoms with E-state index < -0.39 is 0 Å². The van der Waals surface area contributed by atoms with Crippen LogP contribution in [-0.4, -0.2) is 53.6 Å². The number of hydrogen-bond acceptors (Lipinski definition) is 5. The number of fused-ring (bicyclic) bond motifs is 2. The lowest BCUT2D eigenvalue weighted by molar-refractivity contribution is -0.141. The van der Waals surface area contributed by atoms with Gasteiger partial charge in [-0.05, 0) is 63.1 Å². The molecule has 31 heavy (non-hydrogen) atoms. The number of piperidine rings is 2. The normalized spacial score (nSPS) is 21.1. The van der Waals surface area contributed by atoms with Crippen molar-refractivity contribution in [3.63, 3.8) is 0 Å². The largest absolute Gasteiger partial charge is 0.368 e. The number of likely N-dealkylation sites (tertiary alicyclic amines) is 1. The zero-order valence-electron chi connectivity index (χ0n) is 18.2. The van der Waals surface area contributed by atoms with Crippen molar-refractivity contribution in [1.29, 1.82) is 0 Å². The summed E-state index contributed by atoms with van der Waals surface area (Å²) in [5, 5.41) is 3.40. The van der Waals surface area contributed by atoms with E-state index >= 15 is 0 Å². The summed E-state index contributed by atoms with van der Waals surface area (Å²) in [6.07, 6.45) is 8.55. The van der Waals surface area contributed by atoms with Crippen LogP contribution in [0.3, 0.4) is 0 Å². The van der Waals surface area contributed by atoms with Crippen molar-refractivity contribution in [1.82, 2.24) is 20.2 Å². The van der Waals surface area contributed by atoms with Crippen LogP contribution in [0, 0.1) is 5.92 Å². The van der Waals surface area contributed by atoms with Crippen LogP contribution in [0.15, 0.2) is 36.5 Å². The van der Waals surface area contributed by atoms with E-state index in [9.17, 15) is 4.79 Å². The van der Waals surface area contributed by atoms with Crippen molar-refractivity contribution >= 4 is 5.91 Å². The van der Waals surface area contributed by atoms with E-state index in [4.69, 9.17) is 9.72 Å². The van der Waals surface area contributed by atoms with Gasteiger partial charge in [0.15, 0.2) is 5.82 Å². The molecule has 164 valence electrons. The Hall–Kier alpha value is -2.31. The first kappa shape index (κ1) is 20.6. The van der Waals surface area contributed by atoms with Crippen molar-refractivity contribution in [2.24, 2.45) is 5.92 Å². The van der Waals surface area contributed by atoms with Crippen LogP contribution in [-0.2, 0) is 21.6 Å². The molecule has 2 saturated heterocycles. The lowest BCUT2D eigenvalue weighted by Crippen LogP contribution is -2.49. The number of carbonyl (C=O) groups excluding carboxylic acids is 1. The highest BCUT2D eigenvalue weighted by Gasteiger charge is 2.43. The maximum absolute atomic E-state index is 12.8. The van der Waals surface area contributed by atoms with Gasteiger partial charge in [-0.1, -0.05) is 30.3 Å². The van der Waals surface area contributed by atoms with Gasteiger partial charge >= 0.3 is 0 Å². The molecule has 0 radical (unpaired) electrons. The molecule has 2 aromatic rings. The van der Waals surface area contributed by atoms with Crippen molar-refractivity contribution in [3.8, 4) is 11.4 Å². The minimum atomic E-state index is -0.383. The maximum atomic E-state index is 12.8. The summed E-state index contributed by atoms with van der Waals surface area (Å²) in [4.78, 5) is 24.5. The van der Waals surface area contributed by atoms with Crippen molar-refractivity contribution < 1.29 is 9.53 Å². The molecule has 1 spiro atoms. The fourth-order valence-electron chi connectivity index (χ4n) is 5.29. The topological polar surface area (TPSA) is 67.4 Å². The molecule has 4 heterocycles. The van der Waals surface area contributed by atoms with E-state index in [1.165, 1.54) is 18.4 Å². The predicted octanol–water partition coefficient (Wildman–Crippen LogP) is 3.31. The Labute approximate surface area is 184 Å². The number of hydrogen-bond donors (Lipinski definition) is 1. The predicted molar refractivity (Wildman–Crippen MR) is 119 cm³/mol. The molecule has 6 heteroatoms. The second-order valence-electron chi connectivity index (χ2n) is 9.14. The van der Waals surface area contributed by atoms with E-state index in [0.717, 1.165) is 68.9 Å². The number of ether oxygens (including phenoxy) is 1. The standard InChI is InChI=1S/C25H32N4O2/c30-22(7-6-19-8-13-26-14-9-19)29-15-11-25(12-16-29)23-21(10-17-31-25)18-27-24(28-23)20-4-2-1-3-5-20/h1-5,18-19,26H,6-17H2. The molecule has 6 nitrogen and oxygen atoms in total. The van der Waals surface area contributed by atoms with Crippen molar-refractivity contribution in [2.45, 2.75) is 50.5 Å². The van der Waals surface area contributed by atoms with Crippen LogP contribution in [0.1, 0.15) is 49.8 Å². The second kappa shape index (κ2) is 9.05. The number of nitrogens with one attached hydrogen (secondary N) is 1. The molecule has 0 aliphatic carbocycles. The van der Waals surface area contributed by atoms with Gasteiger partial charge in [-0.2, -0.15) is 0 Å². The highest BCUT2D eigenvalue weighted by Crippen LogP contribution is 2.41. The zero-order valence-corrected chi connectivity index (χ0v) is 18.2. The molecule has 1 amide bonds. The molecule has 1 aromatic heterocycles. The Bertz CT molecular complexity index is 903. The Morgan fingerprint density at radius 1 is 1.16 bits per heavy atom. The zero-order chi connectivity index (χ0) is 21.1. The van der Waals surface area contributed by atoms with Crippen LogP contribution in [0.4, 0.5) is 0 Å². The highest BCUT2D eigenvalue weighted by molar-refractivity contribution is 5.76. The van der Waals surface area contributed by atoms with Gasteiger partial charge in [-0.25, -0.2) is 9.97 Å². The lowest BCUT2D eigenvalue weighted by Gasteiger charge is -2.44. The van der Waals surface area contributed by atoms with Gasteiger partial charge in [0.05, 0.1) is 12.3 Å². The number of aromatic nitrogens is 2. The third-order valence-electron chi connectivity index (χ3n) is 7.23. The minimum Gasteiger partial charge on any atom is -0.368 e. The van der Waals surface area contributed by atoms with Crippen LogP contribution in [0.25, 0.3) is 11.4 Å². The van der Waals surface area contributed by atoms with Gasteiger partial charge in [-0.15, -0.1) is 0 Å². The monoisotopic (exact) mass is 420 g/mol. The van der Waals surface area contributed by atoms with Crippen LogP contribution < -0.4 is 5.32 Å². The first-order chi connectivity index (χ1) is 15.2. The summed E-state index contributed by atoms with van der Waals surface area (Å²) in [5.41, 5.74) is 2.87. The molecule has 1 N–H and O–H groups in total. The maximum Gasteiger partial charge on any atom is 0.222 e. The molecule has 0 saturated carbocycles. The Kier molecular flexibility index (Phi) is 6.01. The molecular formula is C25H32N4O2. The summed E-state index contributed by atoms with van der Waals surface area (Å²) in [6.45, 7) is 4.37. The van der Waals surface area contributed by atoms with E-state index in [0.29, 0.717) is 24.9 Å². The van der Waals surface area contributed by atoms with Crippen molar-refractivity contribution in [2.75, 3.05) is 32.8 Å². The fourth-order valence-corrected chi connectivity index (χ4v) is 5.29. The summed E-state index contributed by atoms with van der Waals surface area (Å²) < 4.78 is 6.37. The Morgan fingerprint density at radius 3 is 2.71 bits per heavy atom. The van der Waals surface area contributed by atoms with E-state index in [-0.39, 0.29) is 5.60 Å². The molecule has 3 aliphatic heterocycles. The Morgan fingerprint density at radius 2 is 1.94 bits per heavy atom. The Balaban J connectivity index is 1.26. The highest BCUT2D eigenvalue weighted by atomic mass is 16.5. The second-order valence-corrected chi connectivity index (χ2v) is 9.14. The summed E-state index contributed by atoms with van der Waals surface area (Å²) in [7, 11) is 0. The minimum absolute atomic E-state index is 0.303. The SMILES string of the molecule is O=C(CCC1CCNCC1)N1CCC2(CC1)OCCc1cnc(-c3ccccc3)nc12. The first-order valence-corrected chi connectivity index (χ1v) is 11.8. The smallest absolute Gasteiger partial charge is 0.222 e. The third-order valence-corrected chi connectivity index (χ3v) is 7.23. The van der Waals surface area contributed by atoms with E-state index in [1.807, 2.05) is 41.4 Å². The van der Waals surface area contributed by atoms with E-state index in [1.54, 1.807) is 0 Å². The summed E-state index contributed by atoms with van der Waals surface area (Å²) in [5.74, 6) is 1.75. The third kappa shape index (κ3) is 4.37. The average Bonchev–Trinajstić information content (AvgIpc) is 2.84. The number of benzene rings is 1. The van der Waals surface area contributed by atoms with Gasteiger partial charge in [0, 0.05) is 31.3 Å². The fraction of sp³-hybridized carbons (Fsp3) is 0.560. The molecule has 3 aliphatic rings. The molecule has 0 unspecified atom stereocenters. The van der Waals surface area contributed by atoms with E-state index in [2.05, 4.69) is 10.3 Å². The van der Waals surface area contributed by atoms with Crippen LogP contribution in [0.2, 0.25) is 0 Å². The van der Waals surface area contributed by atoms with Crippen molar-refractivity contribution in [3.05, 3.63) is 47.8 Å². The number of rotatable bonds is 4. The molecule has 5 rings (SSSR count). The van der Waals surface area contributed by atoms with Gasteiger partial charge < -0.3 is 15.0 Å². The number of nitrogens with zero attached hydrogens (tertiary/aromatic N) is 3. The molecule has 2 fully saturated rings. The summed E-state index contributed by atoms with van der Waals surface area (Å²) >= 11 is 0. The summed E-state index contributed by atoms with van der Waals surface area (Å²) in [6, 6.07) is 10.1. The van der Waals surface area contributed by atoms with Gasteiger partial charge in [0.1, 0.15) is 5.60 Å². The molecular weight excluding hydrogens is 388 g/mol. The van der Waals surface area contributed by atoms with Crippen LogP contribution >= 0.6 is 0 Å². The average molecular weight is 421 g/mol. The van der Waals surface area contributed by atoms with Crippen LogP contribution in [0.5, 0.6) is 0 Å². The van der Waals surface area contributed by atoms with Gasteiger partial charge in [-0.3, -0.25) is 4.79 Å². The number of amides is 1.